The molecule has 0 aromatic carbocycles. The Hall–Kier alpha value is -0.840. The van der Waals surface area contributed by atoms with Crippen molar-refractivity contribution >= 4 is 21.7 Å². The first-order chi connectivity index (χ1) is 7.15. The van der Waals surface area contributed by atoms with Crippen molar-refractivity contribution in [3.8, 4) is 0 Å². The molecule has 0 aliphatic carbocycles. The number of nitrogens with one attached hydrogen (secondary N) is 1. The van der Waals surface area contributed by atoms with Gasteiger partial charge in [0.2, 0.25) is 0 Å². The molecular formula is C10H16BrN3O. The van der Waals surface area contributed by atoms with Gasteiger partial charge in [-0.25, -0.2) is 4.98 Å². The number of rotatable bonds is 5. The molecule has 84 valence electrons. The van der Waals surface area contributed by atoms with Crippen LogP contribution in [0.3, 0.4) is 0 Å². The average molecular weight is 274 g/mol. The molecule has 1 atom stereocenters. The summed E-state index contributed by atoms with van der Waals surface area (Å²) in [4.78, 5) is 16.0. The number of aromatic nitrogens is 2. The van der Waals surface area contributed by atoms with Gasteiger partial charge in [-0.05, 0) is 12.8 Å². The lowest BCUT2D eigenvalue weighted by Crippen LogP contribution is -2.23. The molecule has 1 heterocycles. The van der Waals surface area contributed by atoms with Gasteiger partial charge >= 0.3 is 0 Å². The fourth-order valence-corrected chi connectivity index (χ4v) is 1.40. The SMILES string of the molecule is CCC(Br)CCNc1nccn(C)c1=O. The summed E-state index contributed by atoms with van der Waals surface area (Å²) in [7, 11) is 1.72. The van der Waals surface area contributed by atoms with Gasteiger partial charge in [-0.3, -0.25) is 4.79 Å². The molecule has 1 aromatic rings. The van der Waals surface area contributed by atoms with Crippen molar-refractivity contribution < 1.29 is 0 Å². The molecule has 0 aliphatic heterocycles. The minimum Gasteiger partial charge on any atom is -0.365 e. The highest BCUT2D eigenvalue weighted by molar-refractivity contribution is 9.09. The van der Waals surface area contributed by atoms with Crippen molar-refractivity contribution in [1.29, 1.82) is 0 Å². The smallest absolute Gasteiger partial charge is 0.293 e. The Bertz CT molecular complexity index is 364. The third-order valence-corrected chi connectivity index (χ3v) is 3.32. The fraction of sp³-hybridized carbons (Fsp3) is 0.600. The number of aryl methyl sites for hydroxylation is 1. The van der Waals surface area contributed by atoms with Crippen LogP contribution in [0.25, 0.3) is 0 Å². The first-order valence-corrected chi connectivity index (χ1v) is 5.96. The molecule has 0 aliphatic rings. The van der Waals surface area contributed by atoms with Crippen molar-refractivity contribution in [2.75, 3.05) is 11.9 Å². The van der Waals surface area contributed by atoms with Crippen LogP contribution in [0, 0.1) is 0 Å². The van der Waals surface area contributed by atoms with Gasteiger partial charge < -0.3 is 9.88 Å². The van der Waals surface area contributed by atoms with E-state index in [4.69, 9.17) is 0 Å². The summed E-state index contributed by atoms with van der Waals surface area (Å²) in [6.07, 6.45) is 5.33. The lowest BCUT2D eigenvalue weighted by Gasteiger charge is -2.08. The molecule has 4 nitrogen and oxygen atoms in total. The van der Waals surface area contributed by atoms with Crippen molar-refractivity contribution in [1.82, 2.24) is 9.55 Å². The van der Waals surface area contributed by atoms with Crippen molar-refractivity contribution in [3.05, 3.63) is 22.7 Å². The molecule has 15 heavy (non-hydrogen) atoms. The van der Waals surface area contributed by atoms with E-state index in [1.807, 2.05) is 0 Å². The summed E-state index contributed by atoms with van der Waals surface area (Å²) in [6, 6.07) is 0. The molecular weight excluding hydrogens is 258 g/mol. The van der Waals surface area contributed by atoms with E-state index in [0.717, 1.165) is 19.4 Å². The fourth-order valence-electron chi connectivity index (χ4n) is 1.17. The Kier molecular flexibility index (Phi) is 4.81. The van der Waals surface area contributed by atoms with Crippen LogP contribution in [0.5, 0.6) is 0 Å². The van der Waals surface area contributed by atoms with Gasteiger partial charge in [0.1, 0.15) is 0 Å². The van der Waals surface area contributed by atoms with Gasteiger partial charge in [0.15, 0.2) is 5.82 Å². The van der Waals surface area contributed by atoms with Gasteiger partial charge in [-0.2, -0.15) is 0 Å². The summed E-state index contributed by atoms with van der Waals surface area (Å²) >= 11 is 3.54. The standard InChI is InChI=1S/C10H16BrN3O/c1-3-8(11)4-5-12-9-10(15)14(2)7-6-13-9/h6-8H,3-5H2,1-2H3,(H,12,13). The Labute approximate surface area is 97.8 Å². The van der Waals surface area contributed by atoms with E-state index in [1.165, 1.54) is 4.57 Å². The minimum atomic E-state index is -0.0832. The second-order valence-corrected chi connectivity index (χ2v) is 4.71. The second-order valence-electron chi connectivity index (χ2n) is 3.41. The molecule has 0 amide bonds. The zero-order valence-corrected chi connectivity index (χ0v) is 10.6. The van der Waals surface area contributed by atoms with E-state index >= 15 is 0 Å². The summed E-state index contributed by atoms with van der Waals surface area (Å²) in [5.41, 5.74) is -0.0832. The van der Waals surface area contributed by atoms with Crippen LogP contribution in [0.4, 0.5) is 5.82 Å². The Balaban J connectivity index is 2.51. The predicted molar refractivity (Wildman–Crippen MR) is 65.6 cm³/mol. The van der Waals surface area contributed by atoms with Crippen LogP contribution in [-0.4, -0.2) is 20.9 Å². The lowest BCUT2D eigenvalue weighted by atomic mass is 10.2. The maximum Gasteiger partial charge on any atom is 0.293 e. The summed E-state index contributed by atoms with van der Waals surface area (Å²) in [5, 5.41) is 3.04. The van der Waals surface area contributed by atoms with Crippen LogP contribution in [-0.2, 0) is 7.05 Å². The topological polar surface area (TPSA) is 46.9 Å². The number of halogens is 1. The molecule has 5 heteroatoms. The van der Waals surface area contributed by atoms with Crippen LogP contribution < -0.4 is 10.9 Å². The Morgan fingerprint density at radius 1 is 1.67 bits per heavy atom. The quantitative estimate of drug-likeness (QED) is 0.832. The second kappa shape index (κ2) is 5.90. The van der Waals surface area contributed by atoms with Crippen LogP contribution in [0.15, 0.2) is 17.2 Å². The number of nitrogens with zero attached hydrogens (tertiary/aromatic N) is 2. The van der Waals surface area contributed by atoms with Gasteiger partial charge in [-0.15, -0.1) is 0 Å². The summed E-state index contributed by atoms with van der Waals surface area (Å²) in [6.45, 7) is 2.88. The molecule has 0 fully saturated rings. The Morgan fingerprint density at radius 2 is 2.40 bits per heavy atom. The molecule has 1 aromatic heterocycles. The predicted octanol–water partition coefficient (Wildman–Crippen LogP) is 1.76. The van der Waals surface area contributed by atoms with E-state index in [-0.39, 0.29) is 5.56 Å². The maximum atomic E-state index is 11.5. The zero-order valence-electron chi connectivity index (χ0n) is 9.03. The largest absolute Gasteiger partial charge is 0.365 e. The summed E-state index contributed by atoms with van der Waals surface area (Å²) < 4.78 is 1.51. The van der Waals surface area contributed by atoms with Crippen molar-refractivity contribution in [3.63, 3.8) is 0 Å². The third kappa shape index (κ3) is 3.66. The highest BCUT2D eigenvalue weighted by Crippen LogP contribution is 2.08. The Morgan fingerprint density at radius 3 is 3.07 bits per heavy atom. The maximum absolute atomic E-state index is 11.5. The number of hydrogen-bond acceptors (Lipinski definition) is 3. The van der Waals surface area contributed by atoms with Crippen LogP contribution >= 0.6 is 15.9 Å². The van der Waals surface area contributed by atoms with Gasteiger partial charge in [0.25, 0.3) is 5.56 Å². The van der Waals surface area contributed by atoms with E-state index in [2.05, 4.69) is 33.2 Å². The first kappa shape index (κ1) is 12.2. The van der Waals surface area contributed by atoms with Crippen molar-refractivity contribution in [2.24, 2.45) is 7.05 Å². The molecule has 1 unspecified atom stereocenters. The highest BCUT2D eigenvalue weighted by Gasteiger charge is 2.03. The lowest BCUT2D eigenvalue weighted by molar-refractivity contribution is 0.767. The molecule has 1 rings (SSSR count). The van der Waals surface area contributed by atoms with E-state index < -0.39 is 0 Å². The van der Waals surface area contributed by atoms with E-state index in [0.29, 0.717) is 10.6 Å². The number of anilines is 1. The van der Waals surface area contributed by atoms with Crippen molar-refractivity contribution in [2.45, 2.75) is 24.6 Å². The molecule has 0 saturated carbocycles. The minimum absolute atomic E-state index is 0.0832. The molecule has 0 spiro atoms. The first-order valence-electron chi connectivity index (χ1n) is 5.04. The average Bonchev–Trinajstić information content (AvgIpc) is 2.24. The molecule has 0 bridgehead atoms. The van der Waals surface area contributed by atoms with E-state index in [9.17, 15) is 4.79 Å². The van der Waals surface area contributed by atoms with Crippen LogP contribution in [0.2, 0.25) is 0 Å². The monoisotopic (exact) mass is 273 g/mol. The summed E-state index contributed by atoms with van der Waals surface area (Å²) in [5.74, 6) is 0.427. The van der Waals surface area contributed by atoms with Gasteiger partial charge in [0.05, 0.1) is 0 Å². The number of hydrogen-bond donors (Lipinski definition) is 1. The third-order valence-electron chi connectivity index (χ3n) is 2.21. The normalized spacial score (nSPS) is 12.5. The highest BCUT2D eigenvalue weighted by atomic mass is 79.9. The zero-order chi connectivity index (χ0) is 11.3. The van der Waals surface area contributed by atoms with Gasteiger partial charge in [0, 0.05) is 30.8 Å². The molecule has 0 radical (unpaired) electrons. The molecule has 1 N–H and O–H groups in total. The number of alkyl halides is 1. The van der Waals surface area contributed by atoms with Gasteiger partial charge in [-0.1, -0.05) is 22.9 Å². The molecule has 0 saturated heterocycles. The van der Waals surface area contributed by atoms with E-state index in [1.54, 1.807) is 19.4 Å². The van der Waals surface area contributed by atoms with Crippen LogP contribution in [0.1, 0.15) is 19.8 Å².